The molecule has 15 heavy (non-hydrogen) atoms. The third kappa shape index (κ3) is 2.24. The highest BCUT2D eigenvalue weighted by molar-refractivity contribution is 5.77. The number of alkyl halides is 1. The molecule has 0 amide bonds. The smallest absolute Gasteiger partial charge is 0.325 e. The molecule has 0 heterocycles. The molecule has 0 bridgehead atoms. The van der Waals surface area contributed by atoms with Crippen molar-refractivity contribution < 1.29 is 19.0 Å². The van der Waals surface area contributed by atoms with E-state index in [9.17, 15) is 9.18 Å². The standard InChI is InChI=1S/C10H12FNO3/c1-15-7-4-2-3-6(5-11)8(7)9(12)10(13)14/h2-4,9H,5,12H2,1H3,(H,13,14). The third-order valence-electron chi connectivity index (χ3n) is 2.10. The van der Waals surface area contributed by atoms with Crippen LogP contribution in [0.5, 0.6) is 5.75 Å². The van der Waals surface area contributed by atoms with Gasteiger partial charge in [-0.2, -0.15) is 0 Å². The summed E-state index contributed by atoms with van der Waals surface area (Å²) in [5.74, 6) is -0.922. The first-order valence-electron chi connectivity index (χ1n) is 4.32. The van der Waals surface area contributed by atoms with Crippen LogP contribution >= 0.6 is 0 Å². The van der Waals surface area contributed by atoms with Crippen LogP contribution in [0.2, 0.25) is 0 Å². The van der Waals surface area contributed by atoms with E-state index in [4.69, 9.17) is 15.6 Å². The number of carbonyl (C=O) groups is 1. The number of halogens is 1. The lowest BCUT2D eigenvalue weighted by atomic mass is 10.0. The van der Waals surface area contributed by atoms with Gasteiger partial charge in [-0.25, -0.2) is 4.39 Å². The number of hydrogen-bond donors (Lipinski definition) is 2. The summed E-state index contributed by atoms with van der Waals surface area (Å²) >= 11 is 0. The molecule has 0 saturated carbocycles. The Hall–Kier alpha value is -1.62. The van der Waals surface area contributed by atoms with Gasteiger partial charge >= 0.3 is 5.97 Å². The summed E-state index contributed by atoms with van der Waals surface area (Å²) in [6.45, 7) is -0.770. The number of methoxy groups -OCH3 is 1. The monoisotopic (exact) mass is 213 g/mol. The summed E-state index contributed by atoms with van der Waals surface area (Å²) in [7, 11) is 1.38. The van der Waals surface area contributed by atoms with Crippen LogP contribution in [-0.4, -0.2) is 18.2 Å². The van der Waals surface area contributed by atoms with E-state index >= 15 is 0 Å². The zero-order chi connectivity index (χ0) is 11.4. The molecule has 1 unspecified atom stereocenters. The molecule has 0 radical (unpaired) electrons. The van der Waals surface area contributed by atoms with Crippen LogP contribution in [0.15, 0.2) is 18.2 Å². The van der Waals surface area contributed by atoms with Gasteiger partial charge in [-0.3, -0.25) is 4.79 Å². The largest absolute Gasteiger partial charge is 0.496 e. The minimum Gasteiger partial charge on any atom is -0.496 e. The number of benzene rings is 1. The van der Waals surface area contributed by atoms with Gasteiger partial charge in [0.1, 0.15) is 18.5 Å². The van der Waals surface area contributed by atoms with Crippen LogP contribution in [0.3, 0.4) is 0 Å². The number of ether oxygens (including phenoxy) is 1. The van der Waals surface area contributed by atoms with Crippen molar-refractivity contribution in [3.05, 3.63) is 29.3 Å². The van der Waals surface area contributed by atoms with E-state index in [1.165, 1.54) is 13.2 Å². The highest BCUT2D eigenvalue weighted by atomic mass is 19.1. The third-order valence-corrected chi connectivity index (χ3v) is 2.10. The van der Waals surface area contributed by atoms with Crippen LogP contribution in [0.4, 0.5) is 4.39 Å². The summed E-state index contributed by atoms with van der Waals surface area (Å²) in [5, 5.41) is 8.77. The number of nitrogens with two attached hydrogens (primary N) is 1. The van der Waals surface area contributed by atoms with Gasteiger partial charge < -0.3 is 15.6 Å². The van der Waals surface area contributed by atoms with Crippen LogP contribution < -0.4 is 10.5 Å². The maximum absolute atomic E-state index is 12.6. The summed E-state index contributed by atoms with van der Waals surface area (Å²) in [6.07, 6.45) is 0. The normalized spacial score (nSPS) is 12.2. The Bertz CT molecular complexity index is 345. The average molecular weight is 213 g/mol. The van der Waals surface area contributed by atoms with E-state index in [-0.39, 0.29) is 11.1 Å². The highest BCUT2D eigenvalue weighted by Crippen LogP contribution is 2.28. The van der Waals surface area contributed by atoms with Crippen LogP contribution in [0.1, 0.15) is 17.2 Å². The highest BCUT2D eigenvalue weighted by Gasteiger charge is 2.22. The lowest BCUT2D eigenvalue weighted by Gasteiger charge is -2.15. The van der Waals surface area contributed by atoms with Gasteiger partial charge in [0.2, 0.25) is 0 Å². The molecule has 3 N–H and O–H groups in total. The van der Waals surface area contributed by atoms with E-state index in [1.807, 2.05) is 0 Å². The van der Waals surface area contributed by atoms with Gasteiger partial charge in [0.05, 0.1) is 7.11 Å². The Labute approximate surface area is 86.5 Å². The molecule has 0 aliphatic heterocycles. The first-order valence-corrected chi connectivity index (χ1v) is 4.32. The Morgan fingerprint density at radius 2 is 2.33 bits per heavy atom. The minimum atomic E-state index is -1.27. The quantitative estimate of drug-likeness (QED) is 0.789. The predicted molar refractivity (Wildman–Crippen MR) is 52.4 cm³/mol. The Kier molecular flexibility index (Phi) is 3.62. The number of carboxylic acids is 1. The SMILES string of the molecule is COc1cccc(CF)c1C(N)C(=O)O. The zero-order valence-electron chi connectivity index (χ0n) is 8.24. The Morgan fingerprint density at radius 1 is 1.67 bits per heavy atom. The van der Waals surface area contributed by atoms with Crippen molar-refractivity contribution in [2.45, 2.75) is 12.7 Å². The summed E-state index contributed by atoms with van der Waals surface area (Å²) in [6, 6.07) is 3.36. The lowest BCUT2D eigenvalue weighted by molar-refractivity contribution is -0.138. The molecular formula is C10H12FNO3. The van der Waals surface area contributed by atoms with E-state index in [1.54, 1.807) is 12.1 Å². The molecule has 0 aromatic heterocycles. The number of aliphatic carboxylic acids is 1. The van der Waals surface area contributed by atoms with Gasteiger partial charge in [0, 0.05) is 5.56 Å². The maximum Gasteiger partial charge on any atom is 0.325 e. The van der Waals surface area contributed by atoms with Crippen molar-refractivity contribution in [1.29, 1.82) is 0 Å². The van der Waals surface area contributed by atoms with Gasteiger partial charge in [0.15, 0.2) is 0 Å². The fraction of sp³-hybridized carbons (Fsp3) is 0.300. The molecule has 0 saturated heterocycles. The first kappa shape index (κ1) is 11.5. The Morgan fingerprint density at radius 3 is 2.80 bits per heavy atom. The molecule has 0 fully saturated rings. The van der Waals surface area contributed by atoms with Gasteiger partial charge in [-0.1, -0.05) is 12.1 Å². The second-order valence-electron chi connectivity index (χ2n) is 2.98. The predicted octanol–water partition coefficient (Wildman–Crippen LogP) is 1.25. The fourth-order valence-corrected chi connectivity index (χ4v) is 1.36. The molecule has 5 heteroatoms. The van der Waals surface area contributed by atoms with E-state index in [0.29, 0.717) is 5.75 Å². The van der Waals surface area contributed by atoms with Crippen molar-refractivity contribution >= 4 is 5.97 Å². The summed E-state index contributed by atoms with van der Waals surface area (Å²) in [4.78, 5) is 10.7. The number of carboxylic acid groups (broad SMARTS) is 1. The van der Waals surface area contributed by atoms with Crippen LogP contribution in [-0.2, 0) is 11.5 Å². The lowest BCUT2D eigenvalue weighted by Crippen LogP contribution is -2.22. The fourth-order valence-electron chi connectivity index (χ4n) is 1.36. The molecule has 0 spiro atoms. The summed E-state index contributed by atoms with van der Waals surface area (Å²) < 4.78 is 17.6. The zero-order valence-corrected chi connectivity index (χ0v) is 8.24. The Balaban J connectivity index is 3.27. The minimum absolute atomic E-state index is 0.190. The van der Waals surface area contributed by atoms with Crippen molar-refractivity contribution in [3.63, 3.8) is 0 Å². The molecule has 0 aliphatic carbocycles. The van der Waals surface area contributed by atoms with Crippen molar-refractivity contribution in [3.8, 4) is 5.75 Å². The molecule has 1 aromatic rings. The molecule has 0 aliphatic rings. The van der Waals surface area contributed by atoms with Crippen LogP contribution in [0, 0.1) is 0 Å². The number of rotatable bonds is 4. The molecule has 1 rings (SSSR count). The molecule has 4 nitrogen and oxygen atoms in total. The van der Waals surface area contributed by atoms with E-state index in [0.717, 1.165) is 0 Å². The number of hydrogen-bond acceptors (Lipinski definition) is 3. The van der Waals surface area contributed by atoms with E-state index < -0.39 is 18.7 Å². The second kappa shape index (κ2) is 4.75. The summed E-state index contributed by atoms with van der Waals surface area (Å²) in [5.41, 5.74) is 5.87. The van der Waals surface area contributed by atoms with Crippen LogP contribution in [0.25, 0.3) is 0 Å². The first-order chi connectivity index (χ1) is 7.11. The molecule has 82 valence electrons. The van der Waals surface area contributed by atoms with Gasteiger partial charge in [0.25, 0.3) is 0 Å². The molecule has 1 atom stereocenters. The van der Waals surface area contributed by atoms with Crippen molar-refractivity contribution in [2.24, 2.45) is 5.73 Å². The van der Waals surface area contributed by atoms with E-state index in [2.05, 4.69) is 0 Å². The van der Waals surface area contributed by atoms with Crippen molar-refractivity contribution in [1.82, 2.24) is 0 Å². The second-order valence-corrected chi connectivity index (χ2v) is 2.98. The molecule has 1 aromatic carbocycles. The van der Waals surface area contributed by atoms with Gasteiger partial charge in [-0.15, -0.1) is 0 Å². The average Bonchev–Trinajstić information content (AvgIpc) is 2.26. The van der Waals surface area contributed by atoms with Crippen molar-refractivity contribution in [2.75, 3.05) is 7.11 Å². The van der Waals surface area contributed by atoms with Gasteiger partial charge in [-0.05, 0) is 11.6 Å². The maximum atomic E-state index is 12.6. The molecular weight excluding hydrogens is 201 g/mol. The topological polar surface area (TPSA) is 72.5 Å².